The molecule has 0 aliphatic heterocycles. The highest BCUT2D eigenvalue weighted by Gasteiger charge is 2.23. The van der Waals surface area contributed by atoms with Gasteiger partial charge >= 0.3 is 0 Å². The molecule has 0 heterocycles. The molecular formula is C28H37F. The number of hydrogen-bond donors (Lipinski definition) is 0. The number of aryl methyl sites for hydroxylation is 1. The largest absolute Gasteiger partial charge is 0.207 e. The van der Waals surface area contributed by atoms with E-state index in [0.29, 0.717) is 5.92 Å². The molecule has 0 spiro atoms. The fourth-order valence-electron chi connectivity index (χ4n) is 5.69. The molecule has 2 aliphatic rings. The lowest BCUT2D eigenvalue weighted by atomic mass is 9.76. The molecule has 0 saturated heterocycles. The van der Waals surface area contributed by atoms with Crippen LogP contribution in [-0.2, 0) is 12.8 Å². The number of halogens is 1. The van der Waals surface area contributed by atoms with Crippen LogP contribution in [0.5, 0.6) is 0 Å². The lowest BCUT2D eigenvalue weighted by Gasteiger charge is -2.29. The topological polar surface area (TPSA) is 0 Å². The standard InChI is InChI=1S/C28H37F/c1-2-3-4-5-6-21-7-9-22(10-8-21)23-11-13-24(14-12-23)25-15-16-27-20-28(29)18-17-26(27)19-25/h11-14,17-18,20-22,25H,2-10,15-16,19H2,1H3. The second kappa shape index (κ2) is 9.92. The molecule has 0 aromatic heterocycles. The highest BCUT2D eigenvalue weighted by Crippen LogP contribution is 2.39. The van der Waals surface area contributed by atoms with Crippen molar-refractivity contribution < 1.29 is 4.39 Å². The Morgan fingerprint density at radius 2 is 1.48 bits per heavy atom. The summed E-state index contributed by atoms with van der Waals surface area (Å²) in [6, 6.07) is 14.9. The molecule has 2 aromatic carbocycles. The first-order valence-electron chi connectivity index (χ1n) is 12.1. The molecule has 1 saturated carbocycles. The Kier molecular flexibility index (Phi) is 7.06. The van der Waals surface area contributed by atoms with Gasteiger partial charge in [0.05, 0.1) is 0 Å². The van der Waals surface area contributed by atoms with Gasteiger partial charge in [-0.25, -0.2) is 4.39 Å². The van der Waals surface area contributed by atoms with Gasteiger partial charge in [0, 0.05) is 0 Å². The van der Waals surface area contributed by atoms with Crippen LogP contribution < -0.4 is 0 Å². The molecular weight excluding hydrogens is 355 g/mol. The van der Waals surface area contributed by atoms with E-state index in [9.17, 15) is 4.39 Å². The van der Waals surface area contributed by atoms with Crippen molar-refractivity contribution in [3.05, 3.63) is 70.5 Å². The summed E-state index contributed by atoms with van der Waals surface area (Å²) in [5, 5.41) is 0. The van der Waals surface area contributed by atoms with E-state index in [2.05, 4.69) is 31.2 Å². The summed E-state index contributed by atoms with van der Waals surface area (Å²) in [5.41, 5.74) is 5.57. The van der Waals surface area contributed by atoms with Gasteiger partial charge in [-0.15, -0.1) is 0 Å². The summed E-state index contributed by atoms with van der Waals surface area (Å²) in [4.78, 5) is 0. The Labute approximate surface area is 176 Å². The lowest BCUT2D eigenvalue weighted by Crippen LogP contribution is -2.14. The lowest BCUT2D eigenvalue weighted by molar-refractivity contribution is 0.302. The summed E-state index contributed by atoms with van der Waals surface area (Å²) in [7, 11) is 0. The van der Waals surface area contributed by atoms with Crippen LogP contribution in [0.1, 0.15) is 105 Å². The second-order valence-electron chi connectivity index (χ2n) is 9.59. The van der Waals surface area contributed by atoms with Crippen LogP contribution in [-0.4, -0.2) is 0 Å². The Morgan fingerprint density at radius 1 is 0.759 bits per heavy atom. The van der Waals surface area contributed by atoms with Crippen molar-refractivity contribution in [2.45, 2.75) is 95.8 Å². The Bertz CT molecular complexity index is 767. The van der Waals surface area contributed by atoms with Gasteiger partial charge in [-0.3, -0.25) is 0 Å². The first-order chi connectivity index (χ1) is 14.2. The molecule has 29 heavy (non-hydrogen) atoms. The molecule has 0 N–H and O–H groups in total. The average Bonchev–Trinajstić information content (AvgIpc) is 2.77. The Balaban J connectivity index is 1.29. The van der Waals surface area contributed by atoms with Crippen molar-refractivity contribution in [2.24, 2.45) is 5.92 Å². The third-order valence-corrected chi connectivity index (χ3v) is 7.59. The number of hydrogen-bond acceptors (Lipinski definition) is 0. The fourth-order valence-corrected chi connectivity index (χ4v) is 5.69. The van der Waals surface area contributed by atoms with Gasteiger partial charge in [0.1, 0.15) is 5.82 Å². The molecule has 156 valence electrons. The fraction of sp³-hybridized carbons (Fsp3) is 0.571. The molecule has 1 atom stereocenters. The maximum absolute atomic E-state index is 13.5. The minimum Gasteiger partial charge on any atom is -0.207 e. The monoisotopic (exact) mass is 392 g/mol. The van der Waals surface area contributed by atoms with Gasteiger partial charge < -0.3 is 0 Å². The van der Waals surface area contributed by atoms with E-state index in [1.54, 1.807) is 17.7 Å². The van der Waals surface area contributed by atoms with E-state index >= 15 is 0 Å². The van der Waals surface area contributed by atoms with Crippen LogP contribution in [0.4, 0.5) is 4.39 Å². The van der Waals surface area contributed by atoms with Crippen molar-refractivity contribution >= 4 is 0 Å². The van der Waals surface area contributed by atoms with E-state index in [1.807, 2.05) is 6.07 Å². The first-order valence-corrected chi connectivity index (χ1v) is 12.1. The molecule has 2 aliphatic carbocycles. The quantitative estimate of drug-likeness (QED) is 0.415. The minimum absolute atomic E-state index is 0.0952. The van der Waals surface area contributed by atoms with E-state index in [0.717, 1.165) is 31.1 Å². The molecule has 0 nitrogen and oxygen atoms in total. The van der Waals surface area contributed by atoms with Crippen LogP contribution in [0, 0.1) is 11.7 Å². The summed E-state index contributed by atoms with van der Waals surface area (Å²) < 4.78 is 13.5. The summed E-state index contributed by atoms with van der Waals surface area (Å²) in [6.45, 7) is 2.30. The summed E-state index contributed by atoms with van der Waals surface area (Å²) in [5.74, 6) is 2.24. The average molecular weight is 393 g/mol. The highest BCUT2D eigenvalue weighted by molar-refractivity contribution is 5.35. The smallest absolute Gasteiger partial charge is 0.123 e. The van der Waals surface area contributed by atoms with Crippen molar-refractivity contribution in [1.82, 2.24) is 0 Å². The van der Waals surface area contributed by atoms with Crippen LogP contribution in [0.25, 0.3) is 0 Å². The van der Waals surface area contributed by atoms with Crippen molar-refractivity contribution in [1.29, 1.82) is 0 Å². The zero-order valence-corrected chi connectivity index (χ0v) is 18.1. The zero-order chi connectivity index (χ0) is 20.1. The summed E-state index contributed by atoms with van der Waals surface area (Å²) >= 11 is 0. The molecule has 4 rings (SSSR count). The molecule has 1 fully saturated rings. The number of unbranched alkanes of at least 4 members (excludes halogenated alkanes) is 3. The van der Waals surface area contributed by atoms with E-state index in [4.69, 9.17) is 0 Å². The normalized spacial score (nSPS) is 24.3. The molecule has 0 amide bonds. The number of rotatable bonds is 7. The van der Waals surface area contributed by atoms with Crippen LogP contribution >= 0.6 is 0 Å². The van der Waals surface area contributed by atoms with Crippen LogP contribution in [0.2, 0.25) is 0 Å². The maximum Gasteiger partial charge on any atom is 0.123 e. The molecule has 1 unspecified atom stereocenters. The Morgan fingerprint density at radius 3 is 2.21 bits per heavy atom. The number of fused-ring (bicyclic) bond motifs is 1. The SMILES string of the molecule is CCCCCCC1CCC(c2ccc(C3CCc4cc(F)ccc4C3)cc2)CC1. The summed E-state index contributed by atoms with van der Waals surface area (Å²) in [6.07, 6.45) is 15.9. The van der Waals surface area contributed by atoms with Gasteiger partial charge in [0.15, 0.2) is 0 Å². The third-order valence-electron chi connectivity index (χ3n) is 7.59. The van der Waals surface area contributed by atoms with Gasteiger partial charge in [-0.2, -0.15) is 0 Å². The van der Waals surface area contributed by atoms with Crippen molar-refractivity contribution in [3.8, 4) is 0 Å². The van der Waals surface area contributed by atoms with Gasteiger partial charge in [0.25, 0.3) is 0 Å². The number of benzene rings is 2. The van der Waals surface area contributed by atoms with Crippen LogP contribution in [0.15, 0.2) is 42.5 Å². The predicted molar refractivity (Wildman–Crippen MR) is 121 cm³/mol. The molecule has 0 radical (unpaired) electrons. The molecule has 1 heteroatoms. The molecule has 2 aromatic rings. The second-order valence-corrected chi connectivity index (χ2v) is 9.59. The van der Waals surface area contributed by atoms with Gasteiger partial charge in [-0.05, 0) is 97.1 Å². The molecule has 0 bridgehead atoms. The van der Waals surface area contributed by atoms with Crippen molar-refractivity contribution in [2.75, 3.05) is 0 Å². The van der Waals surface area contributed by atoms with E-state index < -0.39 is 0 Å². The zero-order valence-electron chi connectivity index (χ0n) is 18.1. The van der Waals surface area contributed by atoms with E-state index in [1.165, 1.54) is 74.5 Å². The predicted octanol–water partition coefficient (Wildman–Crippen LogP) is 8.34. The first kappa shape index (κ1) is 20.6. The van der Waals surface area contributed by atoms with Crippen molar-refractivity contribution in [3.63, 3.8) is 0 Å². The Hall–Kier alpha value is -1.63. The van der Waals surface area contributed by atoms with Gasteiger partial charge in [-0.1, -0.05) is 69.4 Å². The third kappa shape index (κ3) is 5.30. The highest BCUT2D eigenvalue weighted by atomic mass is 19.1. The minimum atomic E-state index is -0.0952. The van der Waals surface area contributed by atoms with Crippen LogP contribution in [0.3, 0.4) is 0 Å². The van der Waals surface area contributed by atoms with Gasteiger partial charge in [0.2, 0.25) is 0 Å². The maximum atomic E-state index is 13.5. The van der Waals surface area contributed by atoms with E-state index in [-0.39, 0.29) is 5.82 Å².